The Balaban J connectivity index is 1.92. The standard InChI is InChI=1S/C15H15N5O2/c1-19-14(21)7-13(18-15(19)22)20(2)17-9-10-8-16-12-6-4-3-5-11(10)12/h3-9,16H,1-2H3,(H,18,22)/b17-9+. The van der Waals surface area contributed by atoms with Gasteiger partial charge in [-0.3, -0.25) is 19.4 Å². The van der Waals surface area contributed by atoms with Crippen molar-refractivity contribution in [2.75, 3.05) is 12.1 Å². The first-order valence-corrected chi connectivity index (χ1v) is 6.70. The average molecular weight is 297 g/mol. The van der Waals surface area contributed by atoms with Gasteiger partial charge in [-0.05, 0) is 6.07 Å². The molecule has 0 aliphatic heterocycles. The number of aromatic nitrogens is 3. The van der Waals surface area contributed by atoms with Gasteiger partial charge < -0.3 is 4.98 Å². The number of nitrogens with zero attached hydrogens (tertiary/aromatic N) is 3. The van der Waals surface area contributed by atoms with Gasteiger partial charge in [0.2, 0.25) is 0 Å². The largest absolute Gasteiger partial charge is 0.361 e. The van der Waals surface area contributed by atoms with Gasteiger partial charge in [-0.25, -0.2) is 4.79 Å². The molecule has 112 valence electrons. The molecule has 0 saturated carbocycles. The number of fused-ring (bicyclic) bond motifs is 1. The molecule has 2 heterocycles. The molecule has 7 heteroatoms. The third-order valence-corrected chi connectivity index (χ3v) is 3.47. The first-order chi connectivity index (χ1) is 10.6. The molecular formula is C15H15N5O2. The molecule has 0 unspecified atom stereocenters. The Morgan fingerprint density at radius 2 is 2.05 bits per heavy atom. The van der Waals surface area contributed by atoms with E-state index in [1.54, 1.807) is 13.3 Å². The lowest BCUT2D eigenvalue weighted by Gasteiger charge is -2.11. The van der Waals surface area contributed by atoms with Crippen LogP contribution in [0.5, 0.6) is 0 Å². The maximum atomic E-state index is 11.6. The molecule has 1 aromatic carbocycles. The zero-order chi connectivity index (χ0) is 15.7. The molecule has 0 saturated heterocycles. The summed E-state index contributed by atoms with van der Waals surface area (Å²) >= 11 is 0. The van der Waals surface area contributed by atoms with Gasteiger partial charge in [0.25, 0.3) is 5.56 Å². The smallest absolute Gasteiger partial charge is 0.329 e. The second-order valence-corrected chi connectivity index (χ2v) is 4.91. The molecule has 0 spiro atoms. The van der Waals surface area contributed by atoms with E-state index in [0.29, 0.717) is 5.82 Å². The maximum absolute atomic E-state index is 11.6. The monoisotopic (exact) mass is 297 g/mol. The number of nitrogens with one attached hydrogen (secondary N) is 2. The van der Waals surface area contributed by atoms with Crippen molar-refractivity contribution < 1.29 is 0 Å². The fraction of sp³-hybridized carbons (Fsp3) is 0.133. The van der Waals surface area contributed by atoms with Crippen molar-refractivity contribution in [3.63, 3.8) is 0 Å². The van der Waals surface area contributed by atoms with Gasteiger partial charge >= 0.3 is 5.69 Å². The molecule has 0 aliphatic carbocycles. The summed E-state index contributed by atoms with van der Waals surface area (Å²) in [5, 5.41) is 6.77. The minimum Gasteiger partial charge on any atom is -0.361 e. The van der Waals surface area contributed by atoms with Crippen molar-refractivity contribution in [1.82, 2.24) is 14.5 Å². The Bertz CT molecular complexity index is 932. The number of para-hydroxylation sites is 1. The van der Waals surface area contributed by atoms with Gasteiger partial charge in [-0.15, -0.1) is 0 Å². The van der Waals surface area contributed by atoms with Crippen molar-refractivity contribution >= 4 is 22.9 Å². The zero-order valence-corrected chi connectivity index (χ0v) is 12.2. The Morgan fingerprint density at radius 3 is 2.82 bits per heavy atom. The fourth-order valence-electron chi connectivity index (χ4n) is 2.13. The summed E-state index contributed by atoms with van der Waals surface area (Å²) in [5.74, 6) is 0.337. The van der Waals surface area contributed by atoms with Gasteiger partial charge in [0, 0.05) is 42.8 Å². The van der Waals surface area contributed by atoms with Gasteiger partial charge in [0.1, 0.15) is 5.82 Å². The number of hydrogen-bond donors (Lipinski definition) is 2. The Hall–Kier alpha value is -3.09. The van der Waals surface area contributed by atoms with Crippen molar-refractivity contribution in [3.8, 4) is 0 Å². The molecule has 0 bridgehead atoms. The van der Waals surface area contributed by atoms with Crippen LogP contribution >= 0.6 is 0 Å². The highest BCUT2D eigenvalue weighted by molar-refractivity contribution is 5.99. The SMILES string of the molecule is CN(/N=C/c1c[nH]c2ccccc12)c1cc(=O)n(C)c(=O)[nH]1. The van der Waals surface area contributed by atoms with E-state index >= 15 is 0 Å². The van der Waals surface area contributed by atoms with Crippen LogP contribution in [-0.4, -0.2) is 27.8 Å². The number of benzene rings is 1. The van der Waals surface area contributed by atoms with Crippen LogP contribution in [0, 0.1) is 0 Å². The van der Waals surface area contributed by atoms with Gasteiger partial charge in [0.15, 0.2) is 0 Å². The molecule has 0 aliphatic rings. The fourth-order valence-corrected chi connectivity index (χ4v) is 2.13. The van der Waals surface area contributed by atoms with E-state index in [0.717, 1.165) is 21.0 Å². The van der Waals surface area contributed by atoms with E-state index in [9.17, 15) is 9.59 Å². The number of hydrazone groups is 1. The molecule has 3 aromatic rings. The van der Waals surface area contributed by atoms with E-state index < -0.39 is 5.69 Å². The van der Waals surface area contributed by atoms with Crippen LogP contribution in [0.15, 0.2) is 51.2 Å². The summed E-state index contributed by atoms with van der Waals surface area (Å²) in [5.41, 5.74) is 1.09. The minimum absolute atomic E-state index is 0.337. The third kappa shape index (κ3) is 2.44. The molecule has 2 aromatic heterocycles. The molecule has 0 fully saturated rings. The molecule has 22 heavy (non-hydrogen) atoms. The van der Waals surface area contributed by atoms with E-state index in [4.69, 9.17) is 0 Å². The molecule has 2 N–H and O–H groups in total. The molecule has 0 radical (unpaired) electrons. The number of H-pyrrole nitrogens is 2. The van der Waals surface area contributed by atoms with E-state index in [1.165, 1.54) is 18.1 Å². The molecule has 0 atom stereocenters. The number of anilines is 1. The second kappa shape index (κ2) is 5.36. The van der Waals surface area contributed by atoms with Crippen LogP contribution in [0.25, 0.3) is 10.9 Å². The van der Waals surface area contributed by atoms with E-state index in [2.05, 4.69) is 15.1 Å². The predicted molar refractivity (Wildman–Crippen MR) is 86.6 cm³/mol. The normalized spacial score (nSPS) is 11.4. The lowest BCUT2D eigenvalue weighted by atomic mass is 10.2. The maximum Gasteiger partial charge on any atom is 0.329 e. The van der Waals surface area contributed by atoms with Crippen molar-refractivity contribution in [3.05, 3.63) is 62.9 Å². The molecule has 7 nitrogen and oxygen atoms in total. The van der Waals surface area contributed by atoms with Crippen LogP contribution in [0.2, 0.25) is 0 Å². The highest BCUT2D eigenvalue weighted by atomic mass is 16.2. The van der Waals surface area contributed by atoms with Crippen LogP contribution < -0.4 is 16.3 Å². The van der Waals surface area contributed by atoms with Crippen LogP contribution in [-0.2, 0) is 7.05 Å². The average Bonchev–Trinajstić information content (AvgIpc) is 2.93. The third-order valence-electron chi connectivity index (χ3n) is 3.47. The highest BCUT2D eigenvalue weighted by Gasteiger charge is 2.05. The zero-order valence-electron chi connectivity index (χ0n) is 12.2. The van der Waals surface area contributed by atoms with Crippen molar-refractivity contribution in [2.45, 2.75) is 0 Å². The van der Waals surface area contributed by atoms with Gasteiger partial charge in [-0.1, -0.05) is 18.2 Å². The first-order valence-electron chi connectivity index (χ1n) is 6.70. The van der Waals surface area contributed by atoms with Crippen LogP contribution in [0.1, 0.15) is 5.56 Å². The minimum atomic E-state index is -0.475. The highest BCUT2D eigenvalue weighted by Crippen LogP contribution is 2.16. The summed E-state index contributed by atoms with van der Waals surface area (Å²) in [6.07, 6.45) is 3.53. The van der Waals surface area contributed by atoms with Gasteiger partial charge in [0.05, 0.1) is 6.21 Å². The molecule has 0 amide bonds. The summed E-state index contributed by atoms with van der Waals surface area (Å²) < 4.78 is 1.00. The van der Waals surface area contributed by atoms with E-state index in [1.807, 2.05) is 30.5 Å². The Labute approximate surface area is 125 Å². The number of hydrogen-bond acceptors (Lipinski definition) is 4. The Morgan fingerprint density at radius 1 is 1.27 bits per heavy atom. The molecule has 3 rings (SSSR count). The predicted octanol–water partition coefficient (Wildman–Crippen LogP) is 1.03. The summed E-state index contributed by atoms with van der Waals surface area (Å²) in [4.78, 5) is 29.0. The van der Waals surface area contributed by atoms with Crippen molar-refractivity contribution in [1.29, 1.82) is 0 Å². The molecular weight excluding hydrogens is 282 g/mol. The van der Waals surface area contributed by atoms with Crippen molar-refractivity contribution in [2.24, 2.45) is 12.1 Å². The first kappa shape index (κ1) is 13.9. The quantitative estimate of drug-likeness (QED) is 0.559. The lowest BCUT2D eigenvalue weighted by molar-refractivity contribution is 0.766. The number of aromatic amines is 2. The van der Waals surface area contributed by atoms with Crippen LogP contribution in [0.4, 0.5) is 5.82 Å². The van der Waals surface area contributed by atoms with E-state index in [-0.39, 0.29) is 5.56 Å². The summed E-state index contributed by atoms with van der Waals surface area (Å²) in [7, 11) is 3.08. The summed E-state index contributed by atoms with van der Waals surface area (Å²) in [6, 6.07) is 9.21. The second-order valence-electron chi connectivity index (χ2n) is 4.91. The van der Waals surface area contributed by atoms with Gasteiger partial charge in [-0.2, -0.15) is 5.10 Å². The number of rotatable bonds is 3. The van der Waals surface area contributed by atoms with Crippen LogP contribution in [0.3, 0.4) is 0 Å². The topological polar surface area (TPSA) is 86.2 Å². The summed E-state index contributed by atoms with van der Waals surface area (Å²) in [6.45, 7) is 0. The Kier molecular flexibility index (Phi) is 3.38. The lowest BCUT2D eigenvalue weighted by Crippen LogP contribution is -2.33.